The molecule has 0 fully saturated rings. The van der Waals surface area contributed by atoms with Crippen LogP contribution in [0, 0.1) is 0 Å². The molecule has 29 heavy (non-hydrogen) atoms. The molecule has 7 nitrogen and oxygen atoms in total. The molecular formula is C20H15BrClNO6. The highest BCUT2D eigenvalue weighted by Crippen LogP contribution is 2.39. The average molecular weight is 481 g/mol. The summed E-state index contributed by atoms with van der Waals surface area (Å²) in [5.74, 6) is 0.380. The number of methoxy groups -OCH3 is 1. The summed E-state index contributed by atoms with van der Waals surface area (Å²) in [6.07, 6.45) is 0.182. The lowest BCUT2D eigenvalue weighted by Gasteiger charge is -2.14. The van der Waals surface area contributed by atoms with Crippen LogP contribution >= 0.6 is 27.5 Å². The second kappa shape index (κ2) is 9.11. The van der Waals surface area contributed by atoms with Gasteiger partial charge in [-0.1, -0.05) is 17.7 Å². The quantitative estimate of drug-likeness (QED) is 0.316. The first kappa shape index (κ1) is 20.9. The zero-order valence-corrected chi connectivity index (χ0v) is 17.5. The monoisotopic (exact) mass is 479 g/mol. The van der Waals surface area contributed by atoms with Crippen LogP contribution in [0.2, 0.25) is 5.02 Å². The predicted octanol–water partition coefficient (Wildman–Crippen LogP) is 3.58. The van der Waals surface area contributed by atoms with Gasteiger partial charge in [0.15, 0.2) is 11.0 Å². The highest BCUT2D eigenvalue weighted by molar-refractivity contribution is 9.10. The molecule has 3 rings (SSSR count). The zero-order valence-electron chi connectivity index (χ0n) is 15.2. The molecule has 0 aliphatic rings. The third kappa shape index (κ3) is 4.60. The van der Waals surface area contributed by atoms with Gasteiger partial charge in [-0.25, -0.2) is 0 Å². The number of hydrogen-bond acceptors (Lipinski definition) is 6. The van der Waals surface area contributed by atoms with Crippen molar-refractivity contribution in [2.45, 2.75) is 0 Å². The highest BCUT2D eigenvalue weighted by atomic mass is 79.9. The Bertz CT molecular complexity index is 1140. The summed E-state index contributed by atoms with van der Waals surface area (Å²) in [4.78, 5) is 33.9. The van der Waals surface area contributed by atoms with Crippen molar-refractivity contribution in [3.05, 3.63) is 56.1 Å². The van der Waals surface area contributed by atoms with Crippen molar-refractivity contribution >= 4 is 50.7 Å². The summed E-state index contributed by atoms with van der Waals surface area (Å²) < 4.78 is 17.6. The number of para-hydroxylation sites is 1. The molecular weight excluding hydrogens is 466 g/mol. The van der Waals surface area contributed by atoms with Crippen LogP contribution in [0.1, 0.15) is 0 Å². The lowest BCUT2D eigenvalue weighted by Crippen LogP contribution is -2.28. The summed E-state index contributed by atoms with van der Waals surface area (Å²) in [6.45, 7) is 0.193. The topological polar surface area (TPSA) is 94.8 Å². The van der Waals surface area contributed by atoms with Crippen molar-refractivity contribution in [1.29, 1.82) is 0 Å². The zero-order chi connectivity index (χ0) is 21.0. The van der Waals surface area contributed by atoms with Gasteiger partial charge in [-0.05, 0) is 34.1 Å². The number of nitrogens with one attached hydrogen (secondary N) is 1. The van der Waals surface area contributed by atoms with Crippen LogP contribution in [-0.2, 0) is 9.59 Å². The largest absolute Gasteiger partial charge is 0.495 e. The van der Waals surface area contributed by atoms with E-state index < -0.39 is 5.91 Å². The molecule has 1 heterocycles. The van der Waals surface area contributed by atoms with Crippen molar-refractivity contribution in [3.63, 3.8) is 0 Å². The molecule has 0 radical (unpaired) electrons. The first-order valence-electron chi connectivity index (χ1n) is 8.40. The lowest BCUT2D eigenvalue weighted by molar-refractivity contribution is -0.131. The molecule has 150 valence electrons. The Morgan fingerprint density at radius 1 is 1.28 bits per heavy atom. The van der Waals surface area contributed by atoms with Crippen LogP contribution in [0.4, 0.5) is 0 Å². The number of carbonyl (C=O) groups excluding carboxylic acids is 2. The summed E-state index contributed by atoms with van der Waals surface area (Å²) in [6, 6.07) is 9.61. The van der Waals surface area contributed by atoms with E-state index in [1.54, 1.807) is 30.3 Å². The van der Waals surface area contributed by atoms with E-state index in [1.165, 1.54) is 13.2 Å². The van der Waals surface area contributed by atoms with Crippen LogP contribution in [0.15, 0.2) is 50.1 Å². The number of benzene rings is 2. The minimum absolute atomic E-state index is 0.0793. The number of fused-ring (bicyclic) bond motifs is 1. The summed E-state index contributed by atoms with van der Waals surface area (Å²) >= 11 is 9.60. The van der Waals surface area contributed by atoms with Gasteiger partial charge < -0.3 is 19.2 Å². The summed E-state index contributed by atoms with van der Waals surface area (Å²) in [5.41, 5.74) is 0.506. The Labute approximate surface area is 178 Å². The van der Waals surface area contributed by atoms with Crippen molar-refractivity contribution < 1.29 is 23.5 Å². The SMILES string of the molecule is COc1cc(OCCNC(=O)C=O)c(-c2cc(=O)c3cccc(Cl)c3o2)cc1Br. The molecule has 9 heteroatoms. The van der Waals surface area contributed by atoms with Crippen LogP contribution < -0.4 is 20.2 Å². The maximum absolute atomic E-state index is 12.5. The van der Waals surface area contributed by atoms with E-state index in [2.05, 4.69) is 21.2 Å². The van der Waals surface area contributed by atoms with Gasteiger partial charge >= 0.3 is 0 Å². The smallest absolute Gasteiger partial charge is 0.284 e. The first-order valence-corrected chi connectivity index (χ1v) is 9.57. The van der Waals surface area contributed by atoms with E-state index in [0.717, 1.165) is 0 Å². The summed E-state index contributed by atoms with van der Waals surface area (Å²) in [7, 11) is 1.50. The lowest BCUT2D eigenvalue weighted by atomic mass is 10.1. The Hall–Kier alpha value is -2.84. The normalized spacial score (nSPS) is 10.6. The standard InChI is InChI=1S/C20H15BrClNO6/c1-27-18-9-16(28-6-5-23-19(26)10-24)12(7-13(18)21)17-8-15(25)11-3-2-4-14(22)20(11)29-17/h2-4,7-10H,5-6H2,1H3,(H,23,26). The molecule has 0 unspecified atom stereocenters. The Morgan fingerprint density at radius 3 is 2.79 bits per heavy atom. The van der Waals surface area contributed by atoms with Gasteiger partial charge in [0.2, 0.25) is 6.29 Å². The van der Waals surface area contributed by atoms with Crippen molar-refractivity contribution in [2.24, 2.45) is 0 Å². The van der Waals surface area contributed by atoms with Gasteiger partial charge in [-0.2, -0.15) is 0 Å². The van der Waals surface area contributed by atoms with E-state index in [9.17, 15) is 14.4 Å². The van der Waals surface area contributed by atoms with Crippen molar-refractivity contribution in [1.82, 2.24) is 5.32 Å². The predicted molar refractivity (Wildman–Crippen MR) is 112 cm³/mol. The molecule has 0 saturated carbocycles. The number of hydrogen-bond donors (Lipinski definition) is 1. The van der Waals surface area contributed by atoms with E-state index >= 15 is 0 Å². The molecule has 1 amide bonds. The van der Waals surface area contributed by atoms with Crippen LogP contribution in [0.5, 0.6) is 11.5 Å². The number of rotatable bonds is 7. The maximum atomic E-state index is 12.5. The van der Waals surface area contributed by atoms with Crippen molar-refractivity contribution in [2.75, 3.05) is 20.3 Å². The maximum Gasteiger partial charge on any atom is 0.284 e. The Kier molecular flexibility index (Phi) is 6.56. The fraction of sp³-hybridized carbons (Fsp3) is 0.150. The molecule has 2 aromatic carbocycles. The number of carbonyl (C=O) groups is 2. The van der Waals surface area contributed by atoms with Crippen LogP contribution in [0.3, 0.4) is 0 Å². The Balaban J connectivity index is 2.03. The molecule has 0 spiro atoms. The van der Waals surface area contributed by atoms with Crippen LogP contribution in [-0.4, -0.2) is 32.5 Å². The van der Waals surface area contributed by atoms with Gasteiger partial charge in [-0.15, -0.1) is 0 Å². The Morgan fingerprint density at radius 2 is 2.07 bits per heavy atom. The molecule has 0 bridgehead atoms. The van der Waals surface area contributed by atoms with E-state index in [0.29, 0.717) is 31.9 Å². The molecule has 0 aliphatic heterocycles. The number of amides is 1. The van der Waals surface area contributed by atoms with Crippen molar-refractivity contribution in [3.8, 4) is 22.8 Å². The van der Waals surface area contributed by atoms with E-state index in [4.69, 9.17) is 25.5 Å². The summed E-state index contributed by atoms with van der Waals surface area (Å²) in [5, 5.41) is 3.06. The number of ether oxygens (including phenoxy) is 2. The first-order chi connectivity index (χ1) is 13.9. The minimum atomic E-state index is -0.739. The average Bonchev–Trinajstić information content (AvgIpc) is 2.72. The second-order valence-electron chi connectivity index (χ2n) is 5.83. The fourth-order valence-electron chi connectivity index (χ4n) is 2.66. The van der Waals surface area contributed by atoms with E-state index in [-0.39, 0.29) is 36.2 Å². The third-order valence-corrected chi connectivity index (χ3v) is 4.91. The highest BCUT2D eigenvalue weighted by Gasteiger charge is 2.17. The molecule has 0 saturated heterocycles. The minimum Gasteiger partial charge on any atom is -0.495 e. The van der Waals surface area contributed by atoms with E-state index in [1.807, 2.05) is 0 Å². The third-order valence-electron chi connectivity index (χ3n) is 3.99. The molecule has 0 aliphatic carbocycles. The van der Waals surface area contributed by atoms with Gasteiger partial charge in [0, 0.05) is 12.1 Å². The molecule has 1 aromatic heterocycles. The number of halogens is 2. The molecule has 0 atom stereocenters. The van der Waals surface area contributed by atoms with Gasteiger partial charge in [0.1, 0.15) is 23.9 Å². The van der Waals surface area contributed by atoms with Gasteiger partial charge in [-0.3, -0.25) is 14.4 Å². The molecule has 3 aromatic rings. The molecule has 1 N–H and O–H groups in total. The fourth-order valence-corrected chi connectivity index (χ4v) is 3.37. The van der Waals surface area contributed by atoms with Crippen LogP contribution in [0.25, 0.3) is 22.3 Å². The van der Waals surface area contributed by atoms with Gasteiger partial charge in [0.05, 0.1) is 34.1 Å². The number of aldehydes is 1. The second-order valence-corrected chi connectivity index (χ2v) is 7.09. The van der Waals surface area contributed by atoms with Gasteiger partial charge in [0.25, 0.3) is 5.91 Å².